The minimum Gasteiger partial charge on any atom is -0.465 e. The van der Waals surface area contributed by atoms with Crippen LogP contribution in [0, 0.1) is 0 Å². The lowest BCUT2D eigenvalue weighted by Crippen LogP contribution is -2.28. The molecule has 1 N–H and O–H groups in total. The number of thiazole rings is 1. The number of benzene rings is 1. The third-order valence-electron chi connectivity index (χ3n) is 6.75. The summed E-state index contributed by atoms with van der Waals surface area (Å²) in [6.45, 7) is 2.98. The third-order valence-corrected chi connectivity index (χ3v) is 10.4. The average molecular weight is 652 g/mol. The van der Waals surface area contributed by atoms with Crippen LogP contribution in [0.25, 0.3) is 10.2 Å². The Morgan fingerprint density at radius 1 is 1.00 bits per heavy atom. The summed E-state index contributed by atoms with van der Waals surface area (Å²) >= 11 is 2.36. The van der Waals surface area contributed by atoms with E-state index in [0.717, 1.165) is 47.5 Å². The maximum Gasteiger partial charge on any atom is 0.341 e. The van der Waals surface area contributed by atoms with Gasteiger partial charge in [0, 0.05) is 18.0 Å². The van der Waals surface area contributed by atoms with Gasteiger partial charge in [0.25, 0.3) is 5.91 Å². The number of carbonyl (C=O) groups excluding carboxylic acids is 4. The molecule has 12 nitrogen and oxygen atoms in total. The van der Waals surface area contributed by atoms with Crippen LogP contribution >= 0.6 is 22.7 Å². The van der Waals surface area contributed by atoms with Crippen LogP contribution in [0.4, 0.5) is 5.00 Å². The van der Waals surface area contributed by atoms with Crippen molar-refractivity contribution in [2.45, 2.75) is 45.6 Å². The number of anilines is 1. The Bertz CT molecular complexity index is 1720. The molecule has 0 fully saturated rings. The fraction of sp³-hybridized carbons (Fsp3) is 0.464. The SMILES string of the molecule is CCOCCn1c(=NC(=O)CS(=O)(=O)CC(=O)Nc2sc3c(c2C(=O)OC)CCCCC3)sc2cc(C(=O)OC)ccc21. The van der Waals surface area contributed by atoms with Gasteiger partial charge in [-0.05, 0) is 56.4 Å². The molecule has 1 aliphatic carbocycles. The van der Waals surface area contributed by atoms with Crippen molar-refractivity contribution in [1.29, 1.82) is 0 Å². The quantitative estimate of drug-likeness (QED) is 0.187. The van der Waals surface area contributed by atoms with Gasteiger partial charge in [-0.25, -0.2) is 18.0 Å². The molecule has 0 spiro atoms. The zero-order valence-corrected chi connectivity index (χ0v) is 26.5. The number of hydrogen-bond donors (Lipinski definition) is 1. The van der Waals surface area contributed by atoms with E-state index < -0.39 is 45.1 Å². The Kier molecular flexibility index (Phi) is 10.9. The number of thiophene rings is 1. The molecule has 15 heteroatoms. The van der Waals surface area contributed by atoms with E-state index in [0.29, 0.717) is 42.0 Å². The first-order valence-corrected chi connectivity index (χ1v) is 17.1. The molecule has 2 heterocycles. The Hall–Kier alpha value is -3.40. The van der Waals surface area contributed by atoms with Crippen molar-refractivity contribution < 1.29 is 41.8 Å². The van der Waals surface area contributed by atoms with Crippen molar-refractivity contribution in [3.8, 4) is 0 Å². The van der Waals surface area contributed by atoms with Gasteiger partial charge in [-0.3, -0.25) is 9.59 Å². The van der Waals surface area contributed by atoms with Gasteiger partial charge in [0.2, 0.25) is 5.91 Å². The number of methoxy groups -OCH3 is 2. The smallest absolute Gasteiger partial charge is 0.341 e. The lowest BCUT2D eigenvalue weighted by molar-refractivity contribution is -0.115. The summed E-state index contributed by atoms with van der Waals surface area (Å²) in [6.07, 6.45) is 4.33. The Labute approximate surface area is 256 Å². The van der Waals surface area contributed by atoms with Crippen molar-refractivity contribution in [3.63, 3.8) is 0 Å². The van der Waals surface area contributed by atoms with Crippen LogP contribution in [-0.2, 0) is 53.0 Å². The van der Waals surface area contributed by atoms with Gasteiger partial charge in [0.1, 0.15) is 16.5 Å². The summed E-state index contributed by atoms with van der Waals surface area (Å²) in [6, 6.07) is 4.89. The van der Waals surface area contributed by atoms with E-state index in [4.69, 9.17) is 14.2 Å². The second-order valence-electron chi connectivity index (χ2n) is 9.75. The molecule has 1 aliphatic rings. The van der Waals surface area contributed by atoms with E-state index in [2.05, 4.69) is 10.3 Å². The summed E-state index contributed by atoms with van der Waals surface area (Å²) in [5.74, 6) is -4.87. The predicted molar refractivity (Wildman–Crippen MR) is 162 cm³/mol. The zero-order valence-electron chi connectivity index (χ0n) is 24.1. The monoisotopic (exact) mass is 651 g/mol. The Morgan fingerprint density at radius 3 is 2.47 bits per heavy atom. The molecule has 0 radical (unpaired) electrons. The van der Waals surface area contributed by atoms with Gasteiger partial charge < -0.3 is 24.1 Å². The highest BCUT2D eigenvalue weighted by Gasteiger charge is 2.28. The summed E-state index contributed by atoms with van der Waals surface area (Å²) in [4.78, 5) is 55.4. The van der Waals surface area contributed by atoms with E-state index in [1.165, 1.54) is 25.6 Å². The standard InChI is InChI=1S/C28H33N3O9S3/c1-4-40-13-12-31-19-11-10-17(26(34)38-2)14-21(19)42-28(31)30-23(33)16-43(36,37)15-22(32)29-25-24(27(35)39-3)18-8-6-5-7-9-20(18)41-25/h10-11,14H,4-9,12-13,15-16H2,1-3H3,(H,29,32). The molecule has 4 rings (SSSR count). The van der Waals surface area contributed by atoms with Gasteiger partial charge in [0.15, 0.2) is 14.6 Å². The van der Waals surface area contributed by atoms with Crippen LogP contribution in [-0.4, -0.2) is 75.7 Å². The maximum absolute atomic E-state index is 12.9. The molecule has 3 aromatic rings. The molecule has 1 aromatic carbocycles. The number of aromatic nitrogens is 1. The molecular formula is C28H33N3O9S3. The van der Waals surface area contributed by atoms with Crippen LogP contribution in [0.15, 0.2) is 23.2 Å². The van der Waals surface area contributed by atoms with E-state index in [-0.39, 0.29) is 15.4 Å². The number of hydrogen-bond acceptors (Lipinski definition) is 11. The first-order valence-electron chi connectivity index (χ1n) is 13.7. The number of fused-ring (bicyclic) bond motifs is 2. The fourth-order valence-corrected chi connectivity index (χ4v) is 8.23. The topological polar surface area (TPSA) is 159 Å². The first-order chi connectivity index (χ1) is 20.6. The minimum absolute atomic E-state index is 0.226. The highest BCUT2D eigenvalue weighted by molar-refractivity contribution is 7.92. The summed E-state index contributed by atoms with van der Waals surface area (Å²) in [5.41, 5.74) is 2.10. The van der Waals surface area contributed by atoms with Crippen LogP contribution in [0.5, 0.6) is 0 Å². The number of nitrogens with zero attached hydrogens (tertiary/aromatic N) is 2. The number of aryl methyl sites for hydroxylation is 1. The number of sulfone groups is 1. The molecule has 0 saturated heterocycles. The average Bonchev–Trinajstić information content (AvgIpc) is 3.37. The fourth-order valence-electron chi connectivity index (χ4n) is 4.81. The third kappa shape index (κ3) is 7.96. The molecule has 0 bridgehead atoms. The molecular weight excluding hydrogens is 619 g/mol. The van der Waals surface area contributed by atoms with Crippen molar-refractivity contribution >= 4 is 71.5 Å². The first kappa shape index (κ1) is 32.5. The van der Waals surface area contributed by atoms with Crippen molar-refractivity contribution in [3.05, 3.63) is 44.6 Å². The molecule has 0 unspecified atom stereocenters. The molecule has 0 aliphatic heterocycles. The van der Waals surface area contributed by atoms with Crippen LogP contribution in [0.1, 0.15) is 57.3 Å². The second-order valence-corrected chi connectivity index (χ2v) is 13.9. The number of rotatable bonds is 11. The molecule has 2 amide bonds. The lowest BCUT2D eigenvalue weighted by Gasteiger charge is -2.08. The zero-order chi connectivity index (χ0) is 31.1. The van der Waals surface area contributed by atoms with E-state index in [1.807, 2.05) is 6.92 Å². The van der Waals surface area contributed by atoms with Crippen LogP contribution in [0.3, 0.4) is 0 Å². The number of carbonyl (C=O) groups is 4. The number of ether oxygens (including phenoxy) is 3. The van der Waals surface area contributed by atoms with Gasteiger partial charge in [-0.15, -0.1) is 11.3 Å². The van der Waals surface area contributed by atoms with Gasteiger partial charge in [0.05, 0.1) is 42.2 Å². The molecule has 232 valence electrons. The summed E-state index contributed by atoms with van der Waals surface area (Å²) in [7, 11) is -1.68. The maximum atomic E-state index is 12.9. The number of nitrogens with one attached hydrogen (secondary N) is 1. The normalized spacial score (nSPS) is 13.8. The summed E-state index contributed by atoms with van der Waals surface area (Å²) in [5, 5.41) is 2.81. The minimum atomic E-state index is -4.21. The highest BCUT2D eigenvalue weighted by atomic mass is 32.2. The highest BCUT2D eigenvalue weighted by Crippen LogP contribution is 2.38. The van der Waals surface area contributed by atoms with Gasteiger partial charge >= 0.3 is 11.9 Å². The van der Waals surface area contributed by atoms with Crippen LogP contribution in [0.2, 0.25) is 0 Å². The Balaban J connectivity index is 1.53. The van der Waals surface area contributed by atoms with Crippen LogP contribution < -0.4 is 10.1 Å². The molecule has 0 saturated carbocycles. The summed E-state index contributed by atoms with van der Waals surface area (Å²) < 4.78 is 43.2. The predicted octanol–water partition coefficient (Wildman–Crippen LogP) is 3.12. The number of esters is 2. The number of amides is 2. The van der Waals surface area contributed by atoms with Gasteiger partial charge in [-0.1, -0.05) is 17.8 Å². The largest absolute Gasteiger partial charge is 0.465 e. The Morgan fingerprint density at radius 2 is 1.74 bits per heavy atom. The second kappa shape index (κ2) is 14.4. The van der Waals surface area contributed by atoms with Gasteiger partial charge in [-0.2, -0.15) is 4.99 Å². The van der Waals surface area contributed by atoms with Crippen molar-refractivity contribution in [2.24, 2.45) is 4.99 Å². The molecule has 0 atom stereocenters. The molecule has 43 heavy (non-hydrogen) atoms. The lowest BCUT2D eigenvalue weighted by atomic mass is 10.1. The molecule has 2 aromatic heterocycles. The van der Waals surface area contributed by atoms with Crippen molar-refractivity contribution in [1.82, 2.24) is 4.57 Å². The van der Waals surface area contributed by atoms with Crippen molar-refractivity contribution in [2.75, 3.05) is 44.3 Å². The van der Waals surface area contributed by atoms with E-state index in [1.54, 1.807) is 22.8 Å². The van der Waals surface area contributed by atoms with E-state index in [9.17, 15) is 27.6 Å². The van der Waals surface area contributed by atoms with E-state index >= 15 is 0 Å².